The summed E-state index contributed by atoms with van der Waals surface area (Å²) in [7, 11) is 0. The molecular weight excluding hydrogens is 208 g/mol. The highest BCUT2D eigenvalue weighted by molar-refractivity contribution is 6.17. The van der Waals surface area contributed by atoms with Crippen LogP contribution in [-0.2, 0) is 0 Å². The van der Waals surface area contributed by atoms with Gasteiger partial charge in [0.15, 0.2) is 0 Å². The van der Waals surface area contributed by atoms with Crippen LogP contribution < -0.4 is 0 Å². The summed E-state index contributed by atoms with van der Waals surface area (Å²) < 4.78 is 0. The van der Waals surface area contributed by atoms with Crippen molar-refractivity contribution in [2.24, 2.45) is 0 Å². The molecule has 0 aliphatic rings. The highest BCUT2D eigenvalue weighted by Gasteiger charge is 1.89. The van der Waals surface area contributed by atoms with Crippen molar-refractivity contribution < 1.29 is 5.11 Å². The van der Waals surface area contributed by atoms with Gasteiger partial charge < -0.3 is 5.11 Å². The Kier molecular flexibility index (Phi) is 11.3. The van der Waals surface area contributed by atoms with E-state index in [4.69, 9.17) is 11.6 Å². The largest absolute Gasteiger partial charge is 0.377 e. The Balaban J connectivity index is 3.53. The average Bonchev–Trinajstić information content (AvgIpc) is 2.24. The summed E-state index contributed by atoms with van der Waals surface area (Å²) in [6, 6.07) is 0. The normalized spacial score (nSPS) is 12.5. The highest BCUT2D eigenvalue weighted by Crippen LogP contribution is 1.98. The minimum Gasteiger partial charge on any atom is -0.377 e. The lowest BCUT2D eigenvalue weighted by molar-refractivity contribution is 0.280. The Labute approximate surface area is 98.5 Å². The van der Waals surface area contributed by atoms with E-state index in [0.29, 0.717) is 5.88 Å². The maximum absolute atomic E-state index is 9.41. The molecule has 0 aromatic heterocycles. The van der Waals surface area contributed by atoms with Gasteiger partial charge in [-0.05, 0) is 25.3 Å². The molecule has 0 saturated heterocycles. The minimum absolute atomic E-state index is 0.609. The van der Waals surface area contributed by atoms with Gasteiger partial charge in [0.2, 0.25) is 0 Å². The second-order valence-corrected chi connectivity index (χ2v) is 3.86. The molecule has 0 aromatic carbocycles. The summed E-state index contributed by atoms with van der Waals surface area (Å²) in [6.45, 7) is 2.17. The predicted octanol–water partition coefficient (Wildman–Crippen LogP) is 3.51. The molecule has 0 amide bonds. The Morgan fingerprint density at radius 2 is 2.13 bits per heavy atom. The lowest BCUT2D eigenvalue weighted by Gasteiger charge is -1.94. The molecule has 1 atom stereocenters. The monoisotopic (exact) mass is 228 g/mol. The van der Waals surface area contributed by atoms with Crippen molar-refractivity contribution in [2.75, 3.05) is 5.88 Å². The average molecular weight is 229 g/mol. The molecular formula is C13H21ClO. The van der Waals surface area contributed by atoms with Crippen LogP contribution >= 0.6 is 11.6 Å². The van der Waals surface area contributed by atoms with Crippen LogP contribution in [0.15, 0.2) is 12.2 Å². The van der Waals surface area contributed by atoms with Gasteiger partial charge >= 0.3 is 0 Å². The first-order valence-corrected chi connectivity index (χ1v) is 6.23. The van der Waals surface area contributed by atoms with E-state index >= 15 is 0 Å². The third kappa shape index (κ3) is 11.5. The molecule has 0 heterocycles. The van der Waals surface area contributed by atoms with Gasteiger partial charge in [0.05, 0.1) is 0 Å². The highest BCUT2D eigenvalue weighted by atomic mass is 35.5. The molecule has 0 fully saturated rings. The molecule has 1 nitrogen and oxygen atoms in total. The van der Waals surface area contributed by atoms with Crippen molar-refractivity contribution >= 4 is 11.6 Å². The Hall–Kier alpha value is -0.450. The maximum atomic E-state index is 9.41. The number of alkyl halides is 1. The van der Waals surface area contributed by atoms with E-state index in [1.165, 1.54) is 12.8 Å². The second-order valence-electron chi connectivity index (χ2n) is 3.48. The molecule has 86 valence electrons. The van der Waals surface area contributed by atoms with Crippen LogP contribution in [0.5, 0.6) is 0 Å². The molecule has 0 aliphatic carbocycles. The van der Waals surface area contributed by atoms with Crippen molar-refractivity contribution in [3.05, 3.63) is 12.2 Å². The fourth-order valence-electron chi connectivity index (χ4n) is 1.11. The third-order valence-corrected chi connectivity index (χ3v) is 2.25. The lowest BCUT2D eigenvalue weighted by Crippen LogP contribution is -1.96. The van der Waals surface area contributed by atoms with E-state index in [1.807, 2.05) is 6.08 Å². The van der Waals surface area contributed by atoms with Gasteiger partial charge in [-0.3, -0.25) is 0 Å². The number of hydrogen-bond acceptors (Lipinski definition) is 1. The molecule has 0 rings (SSSR count). The minimum atomic E-state index is -0.609. The van der Waals surface area contributed by atoms with Gasteiger partial charge in [0, 0.05) is 12.3 Å². The number of halogens is 1. The van der Waals surface area contributed by atoms with E-state index in [9.17, 15) is 5.11 Å². The quantitative estimate of drug-likeness (QED) is 0.306. The Morgan fingerprint density at radius 3 is 2.80 bits per heavy atom. The van der Waals surface area contributed by atoms with Crippen LogP contribution in [0.25, 0.3) is 0 Å². The van der Waals surface area contributed by atoms with Crippen LogP contribution in [0.3, 0.4) is 0 Å². The summed E-state index contributed by atoms with van der Waals surface area (Å²) in [5.74, 6) is 6.46. The first-order valence-electron chi connectivity index (χ1n) is 5.70. The van der Waals surface area contributed by atoms with Crippen LogP contribution in [0.1, 0.15) is 45.4 Å². The molecule has 0 saturated carbocycles. The zero-order valence-electron chi connectivity index (χ0n) is 9.51. The summed E-state index contributed by atoms with van der Waals surface area (Å²) in [5.41, 5.74) is 0. The van der Waals surface area contributed by atoms with Crippen molar-refractivity contribution in [3.63, 3.8) is 0 Å². The van der Waals surface area contributed by atoms with Crippen LogP contribution in [0, 0.1) is 11.8 Å². The predicted molar refractivity (Wildman–Crippen MR) is 67.0 cm³/mol. The van der Waals surface area contributed by atoms with E-state index in [1.54, 1.807) is 6.08 Å². The molecule has 0 radical (unpaired) electrons. The molecule has 0 spiro atoms. The molecule has 2 heteroatoms. The topological polar surface area (TPSA) is 20.2 Å². The molecule has 0 bridgehead atoms. The maximum Gasteiger partial charge on any atom is 0.133 e. The summed E-state index contributed by atoms with van der Waals surface area (Å²) in [6.07, 6.45) is 9.38. The SMILES string of the molecule is CCCCCC#CC(O)/C=C\CCCCl. The number of rotatable bonds is 7. The number of hydrogen-bond donors (Lipinski definition) is 1. The van der Waals surface area contributed by atoms with Crippen LogP contribution in [0.2, 0.25) is 0 Å². The molecule has 1 N–H and O–H groups in total. The van der Waals surface area contributed by atoms with Gasteiger partial charge in [0.25, 0.3) is 0 Å². The zero-order valence-corrected chi connectivity index (χ0v) is 10.3. The van der Waals surface area contributed by atoms with E-state index < -0.39 is 6.10 Å². The second kappa shape index (κ2) is 11.6. The van der Waals surface area contributed by atoms with Gasteiger partial charge in [-0.25, -0.2) is 0 Å². The number of aliphatic hydroxyl groups excluding tert-OH is 1. The van der Waals surface area contributed by atoms with Crippen LogP contribution in [0.4, 0.5) is 0 Å². The number of unbranched alkanes of at least 4 members (excludes halogenated alkanes) is 4. The summed E-state index contributed by atoms with van der Waals surface area (Å²) in [4.78, 5) is 0. The molecule has 0 aliphatic heterocycles. The number of aliphatic hydroxyl groups is 1. The van der Waals surface area contributed by atoms with E-state index in [0.717, 1.165) is 25.7 Å². The van der Waals surface area contributed by atoms with Gasteiger partial charge in [-0.1, -0.05) is 31.8 Å². The van der Waals surface area contributed by atoms with Gasteiger partial charge in [0.1, 0.15) is 6.10 Å². The van der Waals surface area contributed by atoms with E-state index in [-0.39, 0.29) is 0 Å². The Morgan fingerprint density at radius 1 is 1.33 bits per heavy atom. The summed E-state index contributed by atoms with van der Waals surface area (Å²) in [5, 5.41) is 9.41. The standard InChI is InChI=1S/C13H21ClO/c1-2-3-4-5-7-10-13(15)11-8-6-9-12-14/h8,11,13,15H,2-6,9,12H2,1H3/b11-8-. The van der Waals surface area contributed by atoms with Crippen molar-refractivity contribution in [1.82, 2.24) is 0 Å². The fraction of sp³-hybridized carbons (Fsp3) is 0.692. The zero-order chi connectivity index (χ0) is 11.4. The third-order valence-electron chi connectivity index (χ3n) is 1.98. The first kappa shape index (κ1) is 14.6. The smallest absolute Gasteiger partial charge is 0.133 e. The Bertz CT molecular complexity index is 212. The van der Waals surface area contributed by atoms with E-state index in [2.05, 4.69) is 18.8 Å². The van der Waals surface area contributed by atoms with Crippen LogP contribution in [-0.4, -0.2) is 17.1 Å². The van der Waals surface area contributed by atoms with Crippen molar-refractivity contribution in [2.45, 2.75) is 51.6 Å². The summed E-state index contributed by atoms with van der Waals surface area (Å²) >= 11 is 5.52. The van der Waals surface area contributed by atoms with Crippen molar-refractivity contribution in [1.29, 1.82) is 0 Å². The fourth-order valence-corrected chi connectivity index (χ4v) is 1.26. The first-order chi connectivity index (χ1) is 7.31. The van der Waals surface area contributed by atoms with Gasteiger partial charge in [-0.15, -0.1) is 17.5 Å². The number of allylic oxidation sites excluding steroid dienone is 1. The lowest BCUT2D eigenvalue weighted by atomic mass is 10.2. The molecule has 1 unspecified atom stereocenters. The van der Waals surface area contributed by atoms with Crippen molar-refractivity contribution in [3.8, 4) is 11.8 Å². The molecule has 15 heavy (non-hydrogen) atoms. The molecule has 0 aromatic rings. The van der Waals surface area contributed by atoms with Gasteiger partial charge in [-0.2, -0.15) is 0 Å².